The number of carbonyl (C=O) groups is 2. The molecule has 38 heavy (non-hydrogen) atoms. The number of amides is 1. The second kappa shape index (κ2) is 11.1. The molecule has 6 N–H and O–H groups in total. The molecule has 0 spiro atoms. The first-order chi connectivity index (χ1) is 18.1. The molecule has 13 heteroatoms. The lowest BCUT2D eigenvalue weighted by molar-refractivity contribution is -0.267. The lowest BCUT2D eigenvalue weighted by atomic mass is 9.98. The standard InChI is InChI=1S/C25H25NO12/c1-2-35-16(28)10-26-24(34)23-21(32)20(31)22(33)25(38-23)37-15-9-14-17(19(30)18(15)29)12(27)8-13(36-14)11-6-4-3-5-7-11/h3-9,20-23,25,29-33H,2,10H2,1H3,(H,26,34)/t20?,21-,22?,23?,25-/m1/s1. The van der Waals surface area contributed by atoms with Gasteiger partial charge in [-0.2, -0.15) is 0 Å². The van der Waals surface area contributed by atoms with Crippen molar-refractivity contribution < 1.29 is 53.7 Å². The molecule has 1 aliphatic heterocycles. The predicted octanol–water partition coefficient (Wildman–Crippen LogP) is -0.263. The topological polar surface area (TPSA) is 205 Å². The average molecular weight is 531 g/mol. The number of hydrogen-bond acceptors (Lipinski definition) is 12. The van der Waals surface area contributed by atoms with Gasteiger partial charge in [-0.25, -0.2) is 0 Å². The summed E-state index contributed by atoms with van der Waals surface area (Å²) < 4.78 is 21.2. The fraction of sp³-hybridized carbons (Fsp3) is 0.320. The minimum atomic E-state index is -1.94. The Balaban J connectivity index is 1.63. The third-order valence-corrected chi connectivity index (χ3v) is 5.77. The van der Waals surface area contributed by atoms with Gasteiger partial charge < -0.3 is 49.5 Å². The van der Waals surface area contributed by atoms with Gasteiger partial charge >= 0.3 is 5.97 Å². The molecule has 2 heterocycles. The highest BCUT2D eigenvalue weighted by Crippen LogP contribution is 2.42. The normalized spacial score (nSPS) is 23.1. The Kier molecular flexibility index (Phi) is 7.83. The fourth-order valence-corrected chi connectivity index (χ4v) is 3.86. The number of ether oxygens (including phenoxy) is 3. The summed E-state index contributed by atoms with van der Waals surface area (Å²) in [7, 11) is 0. The molecule has 3 aromatic rings. The number of aromatic hydroxyl groups is 2. The molecular weight excluding hydrogens is 506 g/mol. The van der Waals surface area contributed by atoms with E-state index in [1.165, 1.54) is 0 Å². The summed E-state index contributed by atoms with van der Waals surface area (Å²) in [5, 5.41) is 53.7. The fourth-order valence-electron chi connectivity index (χ4n) is 3.86. The van der Waals surface area contributed by atoms with E-state index in [2.05, 4.69) is 5.32 Å². The molecule has 0 radical (unpaired) electrons. The first-order valence-corrected chi connectivity index (χ1v) is 11.5. The van der Waals surface area contributed by atoms with E-state index in [0.29, 0.717) is 5.56 Å². The monoisotopic (exact) mass is 531 g/mol. The van der Waals surface area contributed by atoms with Crippen molar-refractivity contribution in [1.29, 1.82) is 0 Å². The van der Waals surface area contributed by atoms with Gasteiger partial charge in [-0.15, -0.1) is 0 Å². The molecule has 1 fully saturated rings. The summed E-state index contributed by atoms with van der Waals surface area (Å²) in [4.78, 5) is 36.7. The van der Waals surface area contributed by atoms with Crippen LogP contribution < -0.4 is 15.5 Å². The zero-order chi connectivity index (χ0) is 27.6. The third-order valence-electron chi connectivity index (χ3n) is 5.77. The summed E-state index contributed by atoms with van der Waals surface area (Å²) in [6.07, 6.45) is -9.41. The maximum Gasteiger partial charge on any atom is 0.325 e. The molecule has 2 aromatic carbocycles. The lowest BCUT2D eigenvalue weighted by Crippen LogP contribution is -2.63. The van der Waals surface area contributed by atoms with Crippen molar-refractivity contribution in [3.63, 3.8) is 0 Å². The molecule has 0 bridgehead atoms. The van der Waals surface area contributed by atoms with Crippen LogP contribution in [0, 0.1) is 0 Å². The van der Waals surface area contributed by atoms with Crippen LogP contribution in [-0.2, 0) is 19.1 Å². The summed E-state index contributed by atoms with van der Waals surface area (Å²) >= 11 is 0. The van der Waals surface area contributed by atoms with Crippen molar-refractivity contribution >= 4 is 22.8 Å². The number of hydrogen-bond donors (Lipinski definition) is 6. The number of benzene rings is 2. The SMILES string of the molecule is CCOC(=O)CNC(=O)C1O[C@@H](Oc2cc3oc(-c4ccccc4)cc(=O)c3c(O)c2O)C(O)C(O)[C@H]1O. The second-order valence-electron chi connectivity index (χ2n) is 8.32. The first kappa shape index (κ1) is 26.9. The smallest absolute Gasteiger partial charge is 0.325 e. The van der Waals surface area contributed by atoms with Gasteiger partial charge in [0.15, 0.2) is 23.0 Å². The van der Waals surface area contributed by atoms with Crippen molar-refractivity contribution in [2.24, 2.45) is 0 Å². The Bertz CT molecular complexity index is 1390. The van der Waals surface area contributed by atoms with Gasteiger partial charge in [0.1, 0.15) is 41.6 Å². The van der Waals surface area contributed by atoms with Gasteiger partial charge in [0.05, 0.1) is 6.61 Å². The van der Waals surface area contributed by atoms with Crippen LogP contribution in [0.25, 0.3) is 22.3 Å². The summed E-state index contributed by atoms with van der Waals surface area (Å²) in [6.45, 7) is 1.10. The molecule has 1 amide bonds. The summed E-state index contributed by atoms with van der Waals surface area (Å²) in [6, 6.07) is 10.8. The van der Waals surface area contributed by atoms with E-state index in [0.717, 1.165) is 12.1 Å². The first-order valence-electron chi connectivity index (χ1n) is 11.5. The van der Waals surface area contributed by atoms with E-state index in [9.17, 15) is 39.9 Å². The molecule has 1 aromatic heterocycles. The number of aliphatic hydroxyl groups excluding tert-OH is 3. The van der Waals surface area contributed by atoms with Crippen molar-refractivity contribution in [2.75, 3.05) is 13.2 Å². The molecule has 1 saturated heterocycles. The number of fused-ring (bicyclic) bond motifs is 1. The van der Waals surface area contributed by atoms with E-state index in [1.54, 1.807) is 37.3 Å². The van der Waals surface area contributed by atoms with Gasteiger partial charge in [-0.1, -0.05) is 30.3 Å². The maximum atomic E-state index is 12.7. The minimum Gasteiger partial charge on any atom is -0.504 e. The predicted molar refractivity (Wildman–Crippen MR) is 128 cm³/mol. The zero-order valence-electron chi connectivity index (χ0n) is 19.9. The van der Waals surface area contributed by atoms with Crippen LogP contribution >= 0.6 is 0 Å². The highest BCUT2D eigenvalue weighted by Gasteiger charge is 2.48. The van der Waals surface area contributed by atoms with Gasteiger partial charge in [0.25, 0.3) is 5.91 Å². The number of phenols is 2. The Morgan fingerprint density at radius 1 is 1.00 bits per heavy atom. The van der Waals surface area contributed by atoms with E-state index in [-0.39, 0.29) is 23.3 Å². The molecule has 0 saturated carbocycles. The van der Waals surface area contributed by atoms with Gasteiger partial charge in [0.2, 0.25) is 12.0 Å². The van der Waals surface area contributed by atoms with Crippen molar-refractivity contribution in [3.05, 3.63) is 52.7 Å². The van der Waals surface area contributed by atoms with Crippen LogP contribution in [0.4, 0.5) is 0 Å². The van der Waals surface area contributed by atoms with Crippen LogP contribution in [0.3, 0.4) is 0 Å². The number of rotatable bonds is 7. The van der Waals surface area contributed by atoms with Crippen LogP contribution in [-0.4, -0.2) is 81.3 Å². The Hall–Kier alpha value is -4.17. The maximum absolute atomic E-state index is 12.7. The Morgan fingerprint density at radius 2 is 1.71 bits per heavy atom. The van der Waals surface area contributed by atoms with Crippen molar-refractivity contribution in [2.45, 2.75) is 37.6 Å². The Labute approximate surface area is 214 Å². The van der Waals surface area contributed by atoms with E-state index < -0.39 is 71.8 Å². The largest absolute Gasteiger partial charge is 0.504 e. The molecule has 1 aliphatic rings. The highest BCUT2D eigenvalue weighted by molar-refractivity contribution is 5.89. The third kappa shape index (κ3) is 5.26. The summed E-state index contributed by atoms with van der Waals surface area (Å²) in [5.41, 5.74) is -0.284. The molecule has 0 aliphatic carbocycles. The molecule has 13 nitrogen and oxygen atoms in total. The van der Waals surface area contributed by atoms with Crippen LogP contribution in [0.5, 0.6) is 17.2 Å². The number of carbonyl (C=O) groups excluding carboxylic acids is 2. The van der Waals surface area contributed by atoms with E-state index in [1.807, 2.05) is 0 Å². The van der Waals surface area contributed by atoms with Gasteiger partial charge in [-0.3, -0.25) is 14.4 Å². The minimum absolute atomic E-state index is 0.0765. The molecule has 3 unspecified atom stereocenters. The lowest BCUT2D eigenvalue weighted by Gasteiger charge is -2.39. The number of nitrogens with one attached hydrogen (secondary N) is 1. The molecular formula is C25H25NO12. The zero-order valence-corrected chi connectivity index (χ0v) is 19.9. The molecule has 5 atom stereocenters. The van der Waals surface area contributed by atoms with Crippen molar-refractivity contribution in [1.82, 2.24) is 5.32 Å². The highest BCUT2D eigenvalue weighted by atomic mass is 16.7. The van der Waals surface area contributed by atoms with Crippen molar-refractivity contribution in [3.8, 4) is 28.6 Å². The van der Waals surface area contributed by atoms with E-state index in [4.69, 9.17) is 18.6 Å². The van der Waals surface area contributed by atoms with Crippen LogP contribution in [0.15, 0.2) is 51.7 Å². The molecule has 4 rings (SSSR count). The van der Waals surface area contributed by atoms with Crippen LogP contribution in [0.2, 0.25) is 0 Å². The summed E-state index contributed by atoms with van der Waals surface area (Å²) in [5.74, 6) is -3.93. The number of aliphatic hydroxyl groups is 3. The quantitative estimate of drug-likeness (QED) is 0.172. The van der Waals surface area contributed by atoms with E-state index >= 15 is 0 Å². The van der Waals surface area contributed by atoms with Crippen LogP contribution in [0.1, 0.15) is 6.92 Å². The average Bonchev–Trinajstić information content (AvgIpc) is 2.90. The number of esters is 1. The van der Waals surface area contributed by atoms with Gasteiger partial charge in [0, 0.05) is 17.7 Å². The molecule has 202 valence electrons. The number of phenolic OH excluding ortho intramolecular Hbond substituents is 2. The second-order valence-corrected chi connectivity index (χ2v) is 8.32. The Morgan fingerprint density at radius 3 is 2.39 bits per heavy atom. The van der Waals surface area contributed by atoms with Gasteiger partial charge in [-0.05, 0) is 6.92 Å².